The van der Waals surface area contributed by atoms with E-state index in [1.807, 2.05) is 0 Å². The van der Waals surface area contributed by atoms with Crippen LogP contribution >= 0.6 is 0 Å². The van der Waals surface area contributed by atoms with Crippen LogP contribution in [-0.2, 0) is 12.7 Å². The molecule has 10 heteroatoms. The number of tetrazole rings is 1. The molecule has 24 heavy (non-hydrogen) atoms. The van der Waals surface area contributed by atoms with E-state index in [2.05, 4.69) is 15.4 Å². The number of nitrogens with zero attached hydrogens (tertiary/aromatic N) is 4. The van der Waals surface area contributed by atoms with Crippen molar-refractivity contribution in [2.75, 3.05) is 0 Å². The number of aromatic nitrogens is 4. The zero-order valence-corrected chi connectivity index (χ0v) is 11.9. The van der Waals surface area contributed by atoms with Crippen molar-refractivity contribution in [3.63, 3.8) is 0 Å². The quantitative estimate of drug-likeness (QED) is 0.786. The predicted molar refractivity (Wildman–Crippen MR) is 74.0 cm³/mol. The molecule has 0 aliphatic carbocycles. The fourth-order valence-corrected chi connectivity index (χ4v) is 1.93. The van der Waals surface area contributed by atoms with Gasteiger partial charge in [0.25, 0.3) is 0 Å². The van der Waals surface area contributed by atoms with Gasteiger partial charge in [-0.25, -0.2) is 0 Å². The number of hydrogen-bond acceptors (Lipinski definition) is 6. The lowest BCUT2D eigenvalue weighted by Crippen LogP contribution is -2.07. The van der Waals surface area contributed by atoms with E-state index in [1.165, 1.54) is 12.1 Å². The largest absolute Gasteiger partial charge is 0.502 e. The van der Waals surface area contributed by atoms with Crippen LogP contribution in [0.15, 0.2) is 45.8 Å². The first-order valence-electron chi connectivity index (χ1n) is 6.59. The van der Waals surface area contributed by atoms with E-state index in [4.69, 9.17) is 9.52 Å². The van der Waals surface area contributed by atoms with Gasteiger partial charge in [-0.05, 0) is 17.3 Å². The summed E-state index contributed by atoms with van der Waals surface area (Å²) in [5, 5.41) is 20.5. The molecule has 0 spiro atoms. The summed E-state index contributed by atoms with van der Waals surface area (Å²) in [6, 6.07) is 5.60. The lowest BCUT2D eigenvalue weighted by atomic mass is 10.1. The molecule has 0 atom stereocenters. The molecule has 124 valence electrons. The Kier molecular flexibility index (Phi) is 3.80. The molecule has 0 unspecified atom stereocenters. The van der Waals surface area contributed by atoms with Crippen molar-refractivity contribution in [2.45, 2.75) is 12.7 Å². The highest BCUT2D eigenvalue weighted by Crippen LogP contribution is 2.31. The van der Waals surface area contributed by atoms with Gasteiger partial charge in [-0.2, -0.15) is 18.0 Å². The van der Waals surface area contributed by atoms with E-state index >= 15 is 0 Å². The third kappa shape index (κ3) is 3.26. The number of halogens is 3. The van der Waals surface area contributed by atoms with Crippen molar-refractivity contribution in [1.29, 1.82) is 0 Å². The van der Waals surface area contributed by atoms with Crippen LogP contribution in [-0.4, -0.2) is 25.3 Å². The lowest BCUT2D eigenvalue weighted by Gasteiger charge is -2.06. The minimum atomic E-state index is -4.47. The summed E-state index contributed by atoms with van der Waals surface area (Å²) < 4.78 is 43.2. The van der Waals surface area contributed by atoms with Crippen LogP contribution in [0.4, 0.5) is 13.2 Å². The Morgan fingerprint density at radius 3 is 2.75 bits per heavy atom. The average molecular weight is 338 g/mol. The third-order valence-electron chi connectivity index (χ3n) is 3.06. The molecule has 1 aromatic carbocycles. The molecule has 0 bridgehead atoms. The molecule has 0 fully saturated rings. The summed E-state index contributed by atoms with van der Waals surface area (Å²) in [4.78, 5) is 12.4. The van der Waals surface area contributed by atoms with Gasteiger partial charge >= 0.3 is 6.18 Å². The highest BCUT2D eigenvalue weighted by atomic mass is 19.4. The smallest absolute Gasteiger partial charge is 0.416 e. The molecule has 0 aliphatic rings. The first-order chi connectivity index (χ1) is 11.3. The van der Waals surface area contributed by atoms with Crippen molar-refractivity contribution >= 4 is 0 Å². The minimum Gasteiger partial charge on any atom is -0.502 e. The molecular formula is C14H9F3N4O3. The van der Waals surface area contributed by atoms with Gasteiger partial charge in [0, 0.05) is 11.6 Å². The maximum absolute atomic E-state index is 12.7. The van der Waals surface area contributed by atoms with Crippen molar-refractivity contribution in [3.05, 3.63) is 58.1 Å². The van der Waals surface area contributed by atoms with Crippen molar-refractivity contribution < 1.29 is 22.7 Å². The second kappa shape index (κ2) is 5.80. The van der Waals surface area contributed by atoms with Crippen LogP contribution in [0.5, 0.6) is 5.75 Å². The van der Waals surface area contributed by atoms with E-state index in [0.717, 1.165) is 29.3 Å². The molecule has 0 saturated carbocycles. The number of alkyl halides is 3. The van der Waals surface area contributed by atoms with Gasteiger partial charge in [-0.3, -0.25) is 4.79 Å². The average Bonchev–Trinajstić information content (AvgIpc) is 2.99. The summed E-state index contributed by atoms with van der Waals surface area (Å²) in [5.74, 6) is -0.372. The maximum Gasteiger partial charge on any atom is 0.416 e. The van der Waals surface area contributed by atoms with Gasteiger partial charge in [0.05, 0.1) is 5.56 Å². The molecule has 0 radical (unpaired) electrons. The second-order valence-electron chi connectivity index (χ2n) is 4.82. The summed E-state index contributed by atoms with van der Waals surface area (Å²) >= 11 is 0. The number of rotatable bonds is 3. The Bertz CT molecular complexity index is 933. The molecule has 3 aromatic rings. The number of aromatic hydroxyl groups is 1. The Morgan fingerprint density at radius 1 is 1.25 bits per heavy atom. The summed E-state index contributed by atoms with van der Waals surface area (Å²) in [6.07, 6.45) is -3.59. The van der Waals surface area contributed by atoms with E-state index < -0.39 is 22.9 Å². The van der Waals surface area contributed by atoms with Crippen LogP contribution in [0.1, 0.15) is 11.3 Å². The first-order valence-corrected chi connectivity index (χ1v) is 6.59. The van der Waals surface area contributed by atoms with E-state index in [1.54, 1.807) is 0 Å². The number of benzene rings is 1. The van der Waals surface area contributed by atoms with Crippen molar-refractivity contribution in [1.82, 2.24) is 20.2 Å². The SMILES string of the molecule is O=c1cc(Cn2nnc(-c3cccc(C(F)(F)F)c3)n2)occ1O. The first kappa shape index (κ1) is 15.7. The van der Waals surface area contributed by atoms with Gasteiger partial charge in [0.1, 0.15) is 18.6 Å². The van der Waals surface area contributed by atoms with Crippen LogP contribution in [0.25, 0.3) is 11.4 Å². The Balaban J connectivity index is 1.85. The number of hydrogen-bond donors (Lipinski definition) is 1. The Morgan fingerprint density at radius 2 is 2.04 bits per heavy atom. The van der Waals surface area contributed by atoms with Gasteiger partial charge in [0.2, 0.25) is 11.3 Å². The monoisotopic (exact) mass is 338 g/mol. The molecule has 3 rings (SSSR count). The van der Waals surface area contributed by atoms with E-state index in [0.29, 0.717) is 0 Å². The van der Waals surface area contributed by atoms with Crippen LogP contribution < -0.4 is 5.43 Å². The molecule has 0 amide bonds. The normalized spacial score (nSPS) is 11.6. The van der Waals surface area contributed by atoms with Gasteiger partial charge in [-0.15, -0.1) is 10.2 Å². The lowest BCUT2D eigenvalue weighted by molar-refractivity contribution is -0.137. The van der Waals surface area contributed by atoms with Crippen LogP contribution in [0.2, 0.25) is 0 Å². The van der Waals surface area contributed by atoms with Crippen LogP contribution in [0.3, 0.4) is 0 Å². The topological polar surface area (TPSA) is 94.0 Å². The molecule has 1 N–H and O–H groups in total. The maximum atomic E-state index is 12.7. The molecule has 0 aliphatic heterocycles. The fourth-order valence-electron chi connectivity index (χ4n) is 1.93. The van der Waals surface area contributed by atoms with Crippen molar-refractivity contribution in [2.24, 2.45) is 0 Å². The van der Waals surface area contributed by atoms with Gasteiger partial charge in [-0.1, -0.05) is 12.1 Å². The Labute approximate surface area is 132 Å². The summed E-state index contributed by atoms with van der Waals surface area (Å²) in [5.41, 5.74) is -1.29. The van der Waals surface area contributed by atoms with Crippen molar-refractivity contribution in [3.8, 4) is 17.1 Å². The minimum absolute atomic E-state index is 0.00206. The summed E-state index contributed by atoms with van der Waals surface area (Å²) in [7, 11) is 0. The fraction of sp³-hybridized carbons (Fsp3) is 0.143. The third-order valence-corrected chi connectivity index (χ3v) is 3.06. The van der Waals surface area contributed by atoms with Gasteiger partial charge < -0.3 is 9.52 Å². The molecule has 0 saturated heterocycles. The van der Waals surface area contributed by atoms with Crippen LogP contribution in [0, 0.1) is 0 Å². The zero-order chi connectivity index (χ0) is 17.3. The second-order valence-corrected chi connectivity index (χ2v) is 4.82. The molecular weight excluding hydrogens is 329 g/mol. The molecule has 7 nitrogen and oxygen atoms in total. The highest BCUT2D eigenvalue weighted by Gasteiger charge is 2.30. The standard InChI is InChI=1S/C14H9F3N4O3/c15-14(16,17)9-3-1-2-8(4-9)13-18-20-21(19-13)6-10-5-11(22)12(23)7-24-10/h1-5,7,23H,6H2. The molecule has 2 aromatic heterocycles. The Hall–Kier alpha value is -3.17. The zero-order valence-electron chi connectivity index (χ0n) is 11.9. The molecule has 2 heterocycles. The highest BCUT2D eigenvalue weighted by molar-refractivity contribution is 5.55. The van der Waals surface area contributed by atoms with E-state index in [-0.39, 0.29) is 23.7 Å². The summed E-state index contributed by atoms with van der Waals surface area (Å²) in [6.45, 7) is -0.0680. The van der Waals surface area contributed by atoms with E-state index in [9.17, 15) is 18.0 Å². The van der Waals surface area contributed by atoms with Gasteiger partial charge in [0.15, 0.2) is 5.75 Å². The predicted octanol–water partition coefficient (Wildman–Crippen LogP) is 2.07.